The van der Waals surface area contributed by atoms with Gasteiger partial charge in [-0.3, -0.25) is 9.79 Å². The molecule has 0 heterocycles. The SMILES string of the molecule is O=CC=NCCCl. The van der Waals surface area contributed by atoms with Crippen LogP contribution in [0.15, 0.2) is 4.99 Å². The summed E-state index contributed by atoms with van der Waals surface area (Å²) < 4.78 is 0. The molecule has 0 fully saturated rings. The highest BCUT2D eigenvalue weighted by atomic mass is 35.5. The minimum atomic E-state index is 0.477. The van der Waals surface area contributed by atoms with Gasteiger partial charge in [0.05, 0.1) is 12.8 Å². The molecule has 0 aliphatic carbocycles. The van der Waals surface area contributed by atoms with Crippen LogP contribution in [0.25, 0.3) is 0 Å². The number of halogens is 1. The Morgan fingerprint density at radius 1 is 1.71 bits per heavy atom. The van der Waals surface area contributed by atoms with Crippen LogP contribution in [0.2, 0.25) is 0 Å². The zero-order chi connectivity index (χ0) is 5.54. The summed E-state index contributed by atoms with van der Waals surface area (Å²) in [6, 6.07) is 0. The van der Waals surface area contributed by atoms with E-state index in [1.54, 1.807) is 0 Å². The Balaban J connectivity index is 2.92. The van der Waals surface area contributed by atoms with Crippen LogP contribution in [-0.2, 0) is 4.79 Å². The molecule has 0 radical (unpaired) electrons. The monoisotopic (exact) mass is 119 g/mol. The maximum absolute atomic E-state index is 9.49. The van der Waals surface area contributed by atoms with Gasteiger partial charge < -0.3 is 0 Å². The third-order valence-electron chi connectivity index (χ3n) is 0.380. The van der Waals surface area contributed by atoms with E-state index in [1.165, 1.54) is 6.21 Å². The molecule has 0 aromatic heterocycles. The van der Waals surface area contributed by atoms with Gasteiger partial charge in [-0.15, -0.1) is 11.6 Å². The molecule has 2 nitrogen and oxygen atoms in total. The number of nitrogens with zero attached hydrogens (tertiary/aromatic N) is 1. The average Bonchev–Trinajstić information content (AvgIpc) is 1.69. The Morgan fingerprint density at radius 3 is 2.86 bits per heavy atom. The largest absolute Gasteiger partial charge is 0.297 e. The van der Waals surface area contributed by atoms with Crippen molar-refractivity contribution in [3.05, 3.63) is 0 Å². The molecule has 0 spiro atoms. The normalized spacial score (nSPS) is 9.86. The molecular weight excluding hydrogens is 114 g/mol. The number of aliphatic imine (C=N–C) groups is 1. The molecule has 0 aromatic carbocycles. The van der Waals surface area contributed by atoms with Crippen molar-refractivity contribution in [3.63, 3.8) is 0 Å². The smallest absolute Gasteiger partial charge is 0.160 e. The first-order valence-electron chi connectivity index (χ1n) is 1.91. The molecule has 3 heteroatoms. The number of alkyl halides is 1. The van der Waals surface area contributed by atoms with Crippen molar-refractivity contribution in [2.45, 2.75) is 0 Å². The summed E-state index contributed by atoms with van der Waals surface area (Å²) in [5, 5.41) is 0. The molecule has 0 aliphatic rings. The Hall–Kier alpha value is -0.370. The second kappa shape index (κ2) is 5.63. The second-order valence-electron chi connectivity index (χ2n) is 0.880. The number of aldehydes is 1. The van der Waals surface area contributed by atoms with Gasteiger partial charge in [-0.05, 0) is 0 Å². The first kappa shape index (κ1) is 6.63. The average molecular weight is 120 g/mol. The molecule has 0 amide bonds. The van der Waals surface area contributed by atoms with Crippen molar-refractivity contribution in [2.75, 3.05) is 12.4 Å². The van der Waals surface area contributed by atoms with Crippen molar-refractivity contribution in [3.8, 4) is 0 Å². The molecule has 40 valence electrons. The lowest BCUT2D eigenvalue weighted by Crippen LogP contribution is -1.81. The van der Waals surface area contributed by atoms with E-state index in [-0.39, 0.29) is 0 Å². The van der Waals surface area contributed by atoms with Crippen LogP contribution < -0.4 is 0 Å². The van der Waals surface area contributed by atoms with Gasteiger partial charge in [-0.2, -0.15) is 0 Å². The molecule has 0 saturated heterocycles. The molecule has 0 bridgehead atoms. The van der Waals surface area contributed by atoms with Crippen LogP contribution in [0.4, 0.5) is 0 Å². The number of rotatable bonds is 3. The number of carbonyl (C=O) groups is 1. The lowest BCUT2D eigenvalue weighted by molar-refractivity contribution is -0.102. The zero-order valence-electron chi connectivity index (χ0n) is 3.80. The summed E-state index contributed by atoms with van der Waals surface area (Å²) in [6.45, 7) is 0.528. The fourth-order valence-corrected chi connectivity index (χ4v) is 0.264. The summed E-state index contributed by atoms with van der Waals surface area (Å²) in [5.74, 6) is 0.477. The van der Waals surface area contributed by atoms with Gasteiger partial charge in [0.2, 0.25) is 0 Å². The van der Waals surface area contributed by atoms with E-state index in [2.05, 4.69) is 4.99 Å². The van der Waals surface area contributed by atoms with Crippen molar-refractivity contribution in [1.29, 1.82) is 0 Å². The van der Waals surface area contributed by atoms with Crippen molar-refractivity contribution in [1.82, 2.24) is 0 Å². The lowest BCUT2D eigenvalue weighted by atomic mass is 10.7. The van der Waals surface area contributed by atoms with Crippen molar-refractivity contribution < 1.29 is 4.79 Å². The highest BCUT2D eigenvalue weighted by molar-refractivity contribution is 6.18. The van der Waals surface area contributed by atoms with Crippen molar-refractivity contribution >= 4 is 24.1 Å². The molecule has 0 saturated carbocycles. The van der Waals surface area contributed by atoms with Gasteiger partial charge in [0, 0.05) is 5.88 Å². The maximum atomic E-state index is 9.49. The molecule has 0 unspecified atom stereocenters. The maximum Gasteiger partial charge on any atom is 0.160 e. The molecule has 7 heavy (non-hydrogen) atoms. The Kier molecular flexibility index (Phi) is 5.33. The molecular formula is C4H6ClNO. The van der Waals surface area contributed by atoms with Gasteiger partial charge in [-0.25, -0.2) is 0 Å². The minimum absolute atomic E-state index is 0.477. The van der Waals surface area contributed by atoms with E-state index in [4.69, 9.17) is 11.6 Å². The fraction of sp³-hybridized carbons (Fsp3) is 0.500. The summed E-state index contributed by atoms with van der Waals surface area (Å²) >= 11 is 5.21. The Labute approximate surface area is 47.2 Å². The molecule has 0 N–H and O–H groups in total. The van der Waals surface area contributed by atoms with E-state index in [0.717, 1.165) is 0 Å². The third kappa shape index (κ3) is 5.63. The van der Waals surface area contributed by atoms with Crippen LogP contribution in [-0.4, -0.2) is 24.9 Å². The molecule has 0 aliphatic heterocycles. The van der Waals surface area contributed by atoms with Gasteiger partial charge in [0.25, 0.3) is 0 Å². The fourth-order valence-electron chi connectivity index (χ4n) is 0.166. The standard InChI is InChI=1S/C4H6ClNO/c5-1-2-6-3-4-7/h3-4H,1-2H2. The molecule has 0 rings (SSSR count). The first-order valence-corrected chi connectivity index (χ1v) is 2.45. The van der Waals surface area contributed by atoms with E-state index in [0.29, 0.717) is 18.7 Å². The van der Waals surface area contributed by atoms with Crippen LogP contribution in [0.1, 0.15) is 0 Å². The highest BCUT2D eigenvalue weighted by Crippen LogP contribution is 1.72. The van der Waals surface area contributed by atoms with Crippen LogP contribution in [0, 0.1) is 0 Å². The number of hydrogen-bond acceptors (Lipinski definition) is 2. The topological polar surface area (TPSA) is 29.4 Å². The number of carbonyl (C=O) groups excluding carboxylic acids is 1. The van der Waals surface area contributed by atoms with Crippen molar-refractivity contribution in [2.24, 2.45) is 4.99 Å². The van der Waals surface area contributed by atoms with Crippen LogP contribution >= 0.6 is 11.6 Å². The minimum Gasteiger partial charge on any atom is -0.297 e. The Bertz CT molecular complexity index is 72.1. The van der Waals surface area contributed by atoms with Gasteiger partial charge in [0.15, 0.2) is 6.29 Å². The third-order valence-corrected chi connectivity index (χ3v) is 0.549. The van der Waals surface area contributed by atoms with Crippen LogP contribution in [0.5, 0.6) is 0 Å². The number of hydrogen-bond donors (Lipinski definition) is 0. The molecule has 0 atom stereocenters. The summed E-state index contributed by atoms with van der Waals surface area (Å²) in [4.78, 5) is 13.1. The van der Waals surface area contributed by atoms with Gasteiger partial charge in [-0.1, -0.05) is 0 Å². The summed E-state index contributed by atoms with van der Waals surface area (Å²) in [6.07, 6.45) is 1.83. The van der Waals surface area contributed by atoms with E-state index < -0.39 is 0 Å². The predicted molar refractivity (Wildman–Crippen MR) is 30.1 cm³/mol. The zero-order valence-corrected chi connectivity index (χ0v) is 4.56. The van der Waals surface area contributed by atoms with Gasteiger partial charge in [0.1, 0.15) is 0 Å². The molecule has 0 aromatic rings. The lowest BCUT2D eigenvalue weighted by Gasteiger charge is -1.75. The van der Waals surface area contributed by atoms with E-state index in [9.17, 15) is 4.79 Å². The first-order chi connectivity index (χ1) is 3.41. The predicted octanol–water partition coefficient (Wildman–Crippen LogP) is 0.495. The second-order valence-corrected chi connectivity index (χ2v) is 1.26. The van der Waals surface area contributed by atoms with E-state index >= 15 is 0 Å². The summed E-state index contributed by atoms with van der Waals surface area (Å²) in [5.41, 5.74) is 0. The highest BCUT2D eigenvalue weighted by Gasteiger charge is 1.69. The van der Waals surface area contributed by atoms with Crippen LogP contribution in [0.3, 0.4) is 0 Å². The summed E-state index contributed by atoms with van der Waals surface area (Å²) in [7, 11) is 0. The Morgan fingerprint density at radius 2 is 2.43 bits per heavy atom. The van der Waals surface area contributed by atoms with Gasteiger partial charge >= 0.3 is 0 Å². The quantitative estimate of drug-likeness (QED) is 0.302. The van der Waals surface area contributed by atoms with E-state index in [1.807, 2.05) is 0 Å².